The van der Waals surface area contributed by atoms with Gasteiger partial charge in [0.25, 0.3) is 0 Å². The van der Waals surface area contributed by atoms with Crippen LogP contribution in [0.15, 0.2) is 42.3 Å². The van der Waals surface area contributed by atoms with Gasteiger partial charge in [0.15, 0.2) is 5.13 Å². The molecular weight excluding hydrogens is 324 g/mol. The molecule has 2 aromatic heterocycles. The molecule has 6 nitrogen and oxygen atoms in total. The molecule has 124 valence electrons. The first-order chi connectivity index (χ1) is 11.6. The molecule has 1 atom stereocenters. The molecule has 0 saturated heterocycles. The maximum Gasteiger partial charge on any atom is 0.248 e. The molecule has 24 heavy (non-hydrogen) atoms. The number of ether oxygens (including phenoxy) is 1. The highest BCUT2D eigenvalue weighted by atomic mass is 32.1. The molecule has 0 radical (unpaired) electrons. The number of rotatable bonds is 5. The molecule has 0 unspecified atom stereocenters. The number of methoxy groups -OCH3 is 1. The zero-order valence-electron chi connectivity index (χ0n) is 13.7. The summed E-state index contributed by atoms with van der Waals surface area (Å²) in [7, 11) is 1.63. The van der Waals surface area contributed by atoms with Gasteiger partial charge in [0.05, 0.1) is 19.1 Å². The quantitative estimate of drug-likeness (QED) is 0.770. The summed E-state index contributed by atoms with van der Waals surface area (Å²) in [5.41, 5.74) is 2.82. The first kappa shape index (κ1) is 16.2. The number of nitrogens with one attached hydrogen (secondary N) is 1. The Balaban J connectivity index is 1.79. The molecule has 0 aliphatic carbocycles. The highest BCUT2D eigenvalue weighted by Gasteiger charge is 2.17. The summed E-state index contributed by atoms with van der Waals surface area (Å²) >= 11 is 1.39. The largest absolute Gasteiger partial charge is 0.496 e. The lowest BCUT2D eigenvalue weighted by Crippen LogP contribution is -2.22. The highest BCUT2D eigenvalue weighted by molar-refractivity contribution is 7.14. The maximum atomic E-state index is 12.3. The van der Waals surface area contributed by atoms with Gasteiger partial charge in [0.1, 0.15) is 11.8 Å². The number of amides is 1. The van der Waals surface area contributed by atoms with Crippen LogP contribution in [-0.4, -0.2) is 27.6 Å². The van der Waals surface area contributed by atoms with Crippen LogP contribution in [0.4, 0.5) is 5.13 Å². The van der Waals surface area contributed by atoms with Crippen molar-refractivity contribution >= 4 is 22.4 Å². The Morgan fingerprint density at radius 2 is 2.25 bits per heavy atom. The second-order valence-electron chi connectivity index (χ2n) is 5.42. The van der Waals surface area contributed by atoms with Crippen molar-refractivity contribution in [3.63, 3.8) is 0 Å². The average molecular weight is 342 g/mol. The molecule has 3 aromatic rings. The molecule has 0 bridgehead atoms. The van der Waals surface area contributed by atoms with Gasteiger partial charge >= 0.3 is 0 Å². The van der Waals surface area contributed by atoms with Crippen LogP contribution in [0.25, 0.3) is 11.3 Å². The third-order valence-corrected chi connectivity index (χ3v) is 4.47. The van der Waals surface area contributed by atoms with Gasteiger partial charge in [-0.1, -0.05) is 11.6 Å². The maximum absolute atomic E-state index is 12.3. The lowest BCUT2D eigenvalue weighted by atomic mass is 10.1. The minimum Gasteiger partial charge on any atom is -0.496 e. The molecule has 0 aliphatic heterocycles. The fourth-order valence-corrected chi connectivity index (χ4v) is 3.03. The van der Waals surface area contributed by atoms with Gasteiger partial charge in [-0.15, -0.1) is 11.3 Å². The van der Waals surface area contributed by atoms with E-state index in [1.165, 1.54) is 11.3 Å². The molecule has 1 N–H and O–H groups in total. The normalized spacial score (nSPS) is 12.0. The van der Waals surface area contributed by atoms with Crippen LogP contribution in [-0.2, 0) is 4.79 Å². The van der Waals surface area contributed by atoms with Crippen LogP contribution in [0.2, 0.25) is 0 Å². The summed E-state index contributed by atoms with van der Waals surface area (Å²) in [4.78, 5) is 20.8. The Hall–Kier alpha value is -2.67. The predicted octanol–water partition coefficient (Wildman–Crippen LogP) is 3.52. The van der Waals surface area contributed by atoms with Gasteiger partial charge in [-0.3, -0.25) is 4.79 Å². The summed E-state index contributed by atoms with van der Waals surface area (Å²) in [5.74, 6) is 0.626. The fourth-order valence-electron chi connectivity index (χ4n) is 2.32. The zero-order chi connectivity index (χ0) is 17.1. The zero-order valence-corrected chi connectivity index (χ0v) is 14.5. The number of hydrogen-bond acceptors (Lipinski definition) is 5. The van der Waals surface area contributed by atoms with Crippen LogP contribution in [0.1, 0.15) is 18.5 Å². The topological polar surface area (TPSA) is 69.0 Å². The van der Waals surface area contributed by atoms with Gasteiger partial charge in [-0.25, -0.2) is 9.97 Å². The van der Waals surface area contributed by atoms with Crippen molar-refractivity contribution < 1.29 is 9.53 Å². The number of imidazole rings is 1. The van der Waals surface area contributed by atoms with Crippen LogP contribution in [0.5, 0.6) is 5.75 Å². The number of nitrogens with zero attached hydrogens (tertiary/aromatic N) is 3. The lowest BCUT2D eigenvalue weighted by molar-refractivity contribution is -0.118. The van der Waals surface area contributed by atoms with E-state index in [4.69, 9.17) is 4.74 Å². The summed E-state index contributed by atoms with van der Waals surface area (Å²) in [6.45, 7) is 3.83. The minimum atomic E-state index is -0.353. The number of anilines is 1. The molecule has 0 fully saturated rings. The van der Waals surface area contributed by atoms with Gasteiger partial charge in [0, 0.05) is 23.3 Å². The smallest absolute Gasteiger partial charge is 0.248 e. The van der Waals surface area contributed by atoms with E-state index in [1.54, 1.807) is 30.4 Å². The van der Waals surface area contributed by atoms with Crippen molar-refractivity contribution in [3.8, 4) is 17.0 Å². The third kappa shape index (κ3) is 3.30. The number of aromatic nitrogens is 3. The van der Waals surface area contributed by atoms with Crippen LogP contribution in [0.3, 0.4) is 0 Å². The number of thiazole rings is 1. The standard InChI is InChI=1S/C17H18N4O2S/c1-11-4-5-15(23-3)13(8-11)14-9-24-17(19-14)20-16(22)12(2)21-7-6-18-10-21/h4-10,12H,1-3H3,(H,19,20,22)/t12-/m1/s1. The second-order valence-corrected chi connectivity index (χ2v) is 6.27. The van der Waals surface area contributed by atoms with E-state index in [1.807, 2.05) is 37.4 Å². The average Bonchev–Trinajstić information content (AvgIpc) is 3.26. The van der Waals surface area contributed by atoms with E-state index in [9.17, 15) is 4.79 Å². The van der Waals surface area contributed by atoms with Gasteiger partial charge in [-0.2, -0.15) is 0 Å². The molecule has 0 saturated carbocycles. The van der Waals surface area contributed by atoms with E-state index in [0.29, 0.717) is 5.13 Å². The van der Waals surface area contributed by atoms with Crippen molar-refractivity contribution in [2.24, 2.45) is 0 Å². The Morgan fingerprint density at radius 3 is 2.96 bits per heavy atom. The summed E-state index contributed by atoms with van der Waals surface area (Å²) < 4.78 is 7.14. The van der Waals surface area contributed by atoms with E-state index < -0.39 is 0 Å². The number of aryl methyl sites for hydroxylation is 1. The van der Waals surface area contributed by atoms with Gasteiger partial charge < -0.3 is 14.6 Å². The van der Waals surface area contributed by atoms with Crippen LogP contribution < -0.4 is 10.1 Å². The molecule has 1 amide bonds. The van der Waals surface area contributed by atoms with E-state index in [0.717, 1.165) is 22.6 Å². The van der Waals surface area contributed by atoms with Crippen LogP contribution in [0, 0.1) is 6.92 Å². The number of carbonyl (C=O) groups is 1. The first-order valence-electron chi connectivity index (χ1n) is 7.47. The molecule has 2 heterocycles. The Morgan fingerprint density at radius 1 is 1.42 bits per heavy atom. The molecule has 7 heteroatoms. The lowest BCUT2D eigenvalue weighted by Gasteiger charge is -2.11. The summed E-state index contributed by atoms with van der Waals surface area (Å²) in [5, 5.41) is 5.32. The molecule has 0 spiro atoms. The highest BCUT2D eigenvalue weighted by Crippen LogP contribution is 2.33. The van der Waals surface area contributed by atoms with Crippen LogP contribution >= 0.6 is 11.3 Å². The Labute approximate surface area is 144 Å². The van der Waals surface area contributed by atoms with E-state index >= 15 is 0 Å². The van der Waals surface area contributed by atoms with Crippen molar-refractivity contribution in [1.29, 1.82) is 0 Å². The monoisotopic (exact) mass is 342 g/mol. The van der Waals surface area contributed by atoms with Crippen molar-refractivity contribution in [3.05, 3.63) is 47.9 Å². The predicted molar refractivity (Wildman–Crippen MR) is 94.4 cm³/mol. The van der Waals surface area contributed by atoms with Crippen molar-refractivity contribution in [2.45, 2.75) is 19.9 Å². The van der Waals surface area contributed by atoms with Gasteiger partial charge in [0.2, 0.25) is 5.91 Å². The Bertz CT molecular complexity index is 842. The van der Waals surface area contributed by atoms with Crippen molar-refractivity contribution in [2.75, 3.05) is 12.4 Å². The molecular formula is C17H18N4O2S. The van der Waals surface area contributed by atoms with Gasteiger partial charge in [-0.05, 0) is 26.0 Å². The second kappa shape index (κ2) is 6.84. The molecule has 1 aromatic carbocycles. The van der Waals surface area contributed by atoms with E-state index in [2.05, 4.69) is 15.3 Å². The van der Waals surface area contributed by atoms with Crippen molar-refractivity contribution in [1.82, 2.24) is 14.5 Å². The third-order valence-electron chi connectivity index (χ3n) is 3.72. The first-order valence-corrected chi connectivity index (χ1v) is 8.35. The SMILES string of the molecule is COc1ccc(C)cc1-c1csc(NC(=O)[C@@H](C)n2ccnc2)n1. The summed E-state index contributed by atoms with van der Waals surface area (Å²) in [6, 6.07) is 5.58. The molecule has 3 rings (SSSR count). The number of benzene rings is 1. The summed E-state index contributed by atoms with van der Waals surface area (Å²) in [6.07, 6.45) is 5.03. The number of hydrogen-bond donors (Lipinski definition) is 1. The molecule has 0 aliphatic rings. The fraction of sp³-hybridized carbons (Fsp3) is 0.235. The Kier molecular flexibility index (Phi) is 4.61. The van der Waals surface area contributed by atoms with E-state index in [-0.39, 0.29) is 11.9 Å². The number of carbonyl (C=O) groups excluding carboxylic acids is 1. The minimum absolute atomic E-state index is 0.134.